The van der Waals surface area contributed by atoms with Gasteiger partial charge < -0.3 is 0 Å². The summed E-state index contributed by atoms with van der Waals surface area (Å²) in [6, 6.07) is 19.5. The number of carbonyl (C=O) groups is 1. The lowest BCUT2D eigenvalue weighted by Gasteiger charge is -2.15. The summed E-state index contributed by atoms with van der Waals surface area (Å²) in [4.78, 5) is 12.4. The molecule has 1 aliphatic heterocycles. The third kappa shape index (κ3) is 3.57. The highest BCUT2D eigenvalue weighted by Crippen LogP contribution is 2.35. The zero-order chi connectivity index (χ0) is 16.2. The zero-order valence-corrected chi connectivity index (χ0v) is 14.1. The molecule has 3 rings (SSSR count). The highest BCUT2D eigenvalue weighted by Gasteiger charge is 2.25. The summed E-state index contributed by atoms with van der Waals surface area (Å²) in [7, 11) is 0. The molecule has 0 bridgehead atoms. The van der Waals surface area contributed by atoms with Crippen molar-refractivity contribution in [3.8, 4) is 0 Å². The molecule has 0 spiro atoms. The molecule has 0 aromatic heterocycles. The van der Waals surface area contributed by atoms with Gasteiger partial charge in [0.1, 0.15) is 5.03 Å². The summed E-state index contributed by atoms with van der Waals surface area (Å²) in [6.45, 7) is 1.52. The Morgan fingerprint density at radius 3 is 2.30 bits per heavy atom. The maximum absolute atomic E-state index is 11.7. The number of hydrogen-bond acceptors (Lipinski definition) is 5. The molecule has 0 aliphatic carbocycles. The molecule has 0 N–H and O–H groups in total. The van der Waals surface area contributed by atoms with Crippen LogP contribution in [0.3, 0.4) is 0 Å². The molecule has 1 heterocycles. The van der Waals surface area contributed by atoms with Crippen LogP contribution in [0.25, 0.3) is 0 Å². The van der Waals surface area contributed by atoms with Gasteiger partial charge in [0, 0.05) is 11.8 Å². The van der Waals surface area contributed by atoms with Crippen molar-refractivity contribution in [1.82, 2.24) is 0 Å². The molecular formula is C18H14N2OS2. The van der Waals surface area contributed by atoms with Gasteiger partial charge in [-0.25, -0.2) is 5.01 Å². The van der Waals surface area contributed by atoms with Crippen LogP contribution in [0.4, 0.5) is 5.69 Å². The Morgan fingerprint density at radius 2 is 1.70 bits per heavy atom. The van der Waals surface area contributed by atoms with Crippen molar-refractivity contribution in [3.63, 3.8) is 0 Å². The maximum Gasteiger partial charge on any atom is 0.186 e. The van der Waals surface area contributed by atoms with Gasteiger partial charge in [0.15, 0.2) is 10.8 Å². The van der Waals surface area contributed by atoms with Gasteiger partial charge in [-0.05, 0) is 35.5 Å². The first-order valence-electron chi connectivity index (χ1n) is 7.09. The highest BCUT2D eigenvalue weighted by molar-refractivity contribution is 8.19. The van der Waals surface area contributed by atoms with E-state index in [4.69, 9.17) is 12.2 Å². The Labute approximate surface area is 144 Å². The van der Waals surface area contributed by atoms with Crippen molar-refractivity contribution < 1.29 is 4.79 Å². The Morgan fingerprint density at radius 1 is 1.09 bits per heavy atom. The minimum Gasteiger partial charge on any atom is -0.292 e. The molecule has 0 saturated heterocycles. The van der Waals surface area contributed by atoms with Gasteiger partial charge in [-0.2, -0.15) is 5.10 Å². The smallest absolute Gasteiger partial charge is 0.186 e. The van der Waals surface area contributed by atoms with Crippen molar-refractivity contribution in [2.24, 2.45) is 5.10 Å². The predicted molar refractivity (Wildman–Crippen MR) is 101 cm³/mol. The van der Waals surface area contributed by atoms with Gasteiger partial charge in [-0.1, -0.05) is 60.7 Å². The predicted octanol–water partition coefficient (Wildman–Crippen LogP) is 4.40. The lowest BCUT2D eigenvalue weighted by Crippen LogP contribution is -2.10. The lowest BCUT2D eigenvalue weighted by atomic mass is 10.1. The molecular weight excluding hydrogens is 324 g/mol. The molecule has 0 unspecified atom stereocenters. The summed E-state index contributed by atoms with van der Waals surface area (Å²) >= 11 is 6.86. The average Bonchev–Trinajstić information content (AvgIpc) is 3.00. The van der Waals surface area contributed by atoms with Gasteiger partial charge >= 0.3 is 0 Å². The number of anilines is 1. The van der Waals surface area contributed by atoms with E-state index in [1.807, 2.05) is 66.7 Å². The Bertz CT molecular complexity index is 798. The fraction of sp³-hybridized carbons (Fsp3) is 0.0556. The first-order valence-corrected chi connectivity index (χ1v) is 8.31. The van der Waals surface area contributed by atoms with Gasteiger partial charge in [-0.15, -0.1) is 0 Å². The molecule has 2 aromatic carbocycles. The van der Waals surface area contributed by atoms with Gasteiger partial charge in [0.25, 0.3) is 0 Å². The normalized spacial score (nSPS) is 15.6. The second-order valence-electron chi connectivity index (χ2n) is 4.92. The first-order chi connectivity index (χ1) is 11.1. The minimum atomic E-state index is -0.0510. The molecule has 0 amide bonds. The minimum absolute atomic E-state index is 0.0510. The fourth-order valence-corrected chi connectivity index (χ4v) is 3.28. The van der Waals surface area contributed by atoms with Crippen LogP contribution in [0, 0.1) is 0 Å². The number of nitrogens with zero attached hydrogens (tertiary/aromatic N) is 2. The number of rotatable bonds is 4. The fourth-order valence-electron chi connectivity index (χ4n) is 2.09. The third-order valence-corrected chi connectivity index (χ3v) is 4.63. The number of hydrogen-bond donors (Lipinski definition) is 0. The average molecular weight is 338 g/mol. The van der Waals surface area contributed by atoms with Crippen molar-refractivity contribution >= 4 is 45.4 Å². The number of benzene rings is 2. The number of carbonyl (C=O) groups excluding carboxylic acids is 1. The highest BCUT2D eigenvalue weighted by atomic mass is 32.2. The van der Waals surface area contributed by atoms with E-state index in [-0.39, 0.29) is 5.78 Å². The van der Waals surface area contributed by atoms with Gasteiger partial charge in [0.2, 0.25) is 0 Å². The summed E-state index contributed by atoms with van der Waals surface area (Å²) in [5, 5.41) is 7.48. The van der Waals surface area contributed by atoms with Crippen LogP contribution in [0.5, 0.6) is 0 Å². The number of hydrazone groups is 1. The van der Waals surface area contributed by atoms with Crippen LogP contribution in [-0.4, -0.2) is 15.7 Å². The number of Topliss-reactive ketones (excluding diaryl/α,β-unsaturated/α-hetero) is 1. The summed E-state index contributed by atoms with van der Waals surface area (Å²) in [5.41, 5.74) is 1.87. The number of ketones is 1. The molecule has 0 radical (unpaired) electrons. The Hall–Kier alpha value is -2.24. The van der Waals surface area contributed by atoms with Crippen molar-refractivity contribution in [1.29, 1.82) is 0 Å². The van der Waals surface area contributed by atoms with Crippen LogP contribution in [0.1, 0.15) is 12.5 Å². The molecule has 5 heteroatoms. The molecule has 23 heavy (non-hydrogen) atoms. The van der Waals surface area contributed by atoms with Crippen molar-refractivity contribution in [2.75, 3.05) is 5.01 Å². The summed E-state index contributed by atoms with van der Waals surface area (Å²) < 4.78 is 0. The van der Waals surface area contributed by atoms with Crippen LogP contribution in [0.15, 0.2) is 76.9 Å². The van der Waals surface area contributed by atoms with E-state index in [0.29, 0.717) is 9.91 Å². The van der Waals surface area contributed by atoms with E-state index in [1.165, 1.54) is 18.7 Å². The van der Waals surface area contributed by atoms with E-state index in [0.717, 1.165) is 16.3 Å². The third-order valence-electron chi connectivity index (χ3n) is 3.22. The van der Waals surface area contributed by atoms with E-state index in [9.17, 15) is 4.79 Å². The topological polar surface area (TPSA) is 32.7 Å². The maximum atomic E-state index is 11.7. The molecule has 2 aromatic rings. The van der Waals surface area contributed by atoms with E-state index in [1.54, 1.807) is 5.01 Å². The molecule has 114 valence electrons. The lowest BCUT2D eigenvalue weighted by molar-refractivity contribution is -0.110. The molecule has 1 aliphatic rings. The summed E-state index contributed by atoms with van der Waals surface area (Å²) in [6.07, 6.45) is 1.89. The molecule has 0 saturated carbocycles. The van der Waals surface area contributed by atoms with E-state index < -0.39 is 0 Å². The Balaban J connectivity index is 1.95. The summed E-state index contributed by atoms with van der Waals surface area (Å²) in [5.74, 6) is -0.0510. The van der Waals surface area contributed by atoms with E-state index in [2.05, 4.69) is 5.10 Å². The van der Waals surface area contributed by atoms with Gasteiger partial charge in [0.05, 0.1) is 5.69 Å². The van der Waals surface area contributed by atoms with Crippen molar-refractivity contribution in [3.05, 3.63) is 77.3 Å². The second-order valence-corrected chi connectivity index (χ2v) is 6.37. The first kappa shape index (κ1) is 15.6. The van der Waals surface area contributed by atoms with Crippen LogP contribution >= 0.6 is 24.0 Å². The number of para-hydroxylation sites is 1. The molecule has 0 fully saturated rings. The van der Waals surface area contributed by atoms with Crippen LogP contribution < -0.4 is 5.01 Å². The van der Waals surface area contributed by atoms with Crippen molar-refractivity contribution in [2.45, 2.75) is 6.92 Å². The number of allylic oxidation sites excluding steroid dienone is 1. The monoisotopic (exact) mass is 338 g/mol. The zero-order valence-electron chi connectivity index (χ0n) is 12.5. The Kier molecular flexibility index (Phi) is 4.69. The van der Waals surface area contributed by atoms with Crippen LogP contribution in [-0.2, 0) is 4.79 Å². The largest absolute Gasteiger partial charge is 0.292 e. The number of thioether (sulfide) groups is 1. The number of thiocarbonyl (C=S) groups is 1. The van der Waals surface area contributed by atoms with Gasteiger partial charge in [-0.3, -0.25) is 4.79 Å². The van der Waals surface area contributed by atoms with Crippen LogP contribution in [0.2, 0.25) is 0 Å². The second kappa shape index (κ2) is 6.89. The SMILES string of the molecule is CC(=O)C1=NN(c2ccccc2)/C(=C/C(=S)c2ccccc2)S1. The van der Waals surface area contributed by atoms with E-state index >= 15 is 0 Å². The quantitative estimate of drug-likeness (QED) is 0.470. The molecule has 0 atom stereocenters. The standard InChI is InChI=1S/C18H14N2OS2/c1-13(21)18-19-20(15-10-6-3-7-11-15)17(23-18)12-16(22)14-8-4-2-5-9-14/h2-12H,1H3/b17-12-. The molecule has 3 nitrogen and oxygen atoms in total.